The van der Waals surface area contributed by atoms with E-state index >= 15 is 0 Å². The van der Waals surface area contributed by atoms with Crippen LogP contribution in [0.1, 0.15) is 43.1 Å². The Hall–Kier alpha value is -2.15. The van der Waals surface area contributed by atoms with Crippen molar-refractivity contribution in [1.82, 2.24) is 5.32 Å². The summed E-state index contributed by atoms with van der Waals surface area (Å²) in [7, 11) is -3.84. The van der Waals surface area contributed by atoms with E-state index in [0.29, 0.717) is 0 Å². The van der Waals surface area contributed by atoms with E-state index < -0.39 is 20.9 Å². The Labute approximate surface area is 152 Å². The molecule has 0 bridgehead atoms. The summed E-state index contributed by atoms with van der Waals surface area (Å²) in [5.74, 6) is -0.438. The number of hydrogen-bond acceptors (Lipinski definition) is 4. The minimum Gasteiger partial charge on any atom is -0.468 e. The smallest absolute Gasteiger partial charge is 0.223 e. The van der Waals surface area contributed by atoms with Crippen molar-refractivity contribution in [2.75, 3.05) is 6.54 Å². The minimum absolute atomic E-state index is 0.00721. The van der Waals surface area contributed by atoms with Crippen LogP contribution < -0.4 is 5.32 Å². The quantitative estimate of drug-likeness (QED) is 0.778. The fraction of sp³-hybridized carbons (Fsp3) is 0.421. The molecule has 0 unspecified atom stereocenters. The topological polar surface area (TPSA) is 76.4 Å². The molecule has 1 atom stereocenters. The van der Waals surface area contributed by atoms with Crippen LogP contribution in [0.3, 0.4) is 0 Å². The van der Waals surface area contributed by atoms with E-state index in [9.17, 15) is 17.6 Å². The monoisotopic (exact) mass is 379 g/mol. The Kier molecular flexibility index (Phi) is 5.76. The van der Waals surface area contributed by atoms with Gasteiger partial charge in [0.1, 0.15) is 16.8 Å². The minimum atomic E-state index is -3.84. The maximum Gasteiger partial charge on any atom is 0.223 e. The first kappa shape index (κ1) is 18.6. The molecule has 1 amide bonds. The van der Waals surface area contributed by atoms with Crippen molar-refractivity contribution >= 4 is 15.7 Å². The summed E-state index contributed by atoms with van der Waals surface area (Å²) < 4.78 is 44.4. The number of carbonyl (C=O) groups is 1. The molecule has 1 heterocycles. The predicted molar refractivity (Wildman–Crippen MR) is 94.6 cm³/mol. The second-order valence-corrected chi connectivity index (χ2v) is 8.71. The molecule has 0 spiro atoms. The van der Waals surface area contributed by atoms with E-state index in [1.165, 1.54) is 18.4 Å². The van der Waals surface area contributed by atoms with Gasteiger partial charge >= 0.3 is 0 Å². The zero-order chi connectivity index (χ0) is 18.6. The molecule has 140 valence electrons. The molecule has 0 radical (unpaired) electrons. The third kappa shape index (κ3) is 4.15. The Morgan fingerprint density at radius 3 is 2.46 bits per heavy atom. The van der Waals surface area contributed by atoms with Crippen molar-refractivity contribution < 1.29 is 22.0 Å². The lowest BCUT2D eigenvalue weighted by atomic mass is 9.89. The fourth-order valence-corrected chi connectivity index (χ4v) is 4.92. The van der Waals surface area contributed by atoms with Gasteiger partial charge in [-0.1, -0.05) is 19.3 Å². The molecule has 1 N–H and O–H groups in total. The summed E-state index contributed by atoms with van der Waals surface area (Å²) in [5, 5.41) is 1.72. The van der Waals surface area contributed by atoms with Crippen LogP contribution in [0.4, 0.5) is 4.39 Å². The van der Waals surface area contributed by atoms with E-state index in [-0.39, 0.29) is 29.0 Å². The molecule has 1 saturated carbocycles. The summed E-state index contributed by atoms with van der Waals surface area (Å²) in [6.45, 7) is -0.0808. The van der Waals surface area contributed by atoms with E-state index in [4.69, 9.17) is 4.42 Å². The van der Waals surface area contributed by atoms with Crippen molar-refractivity contribution in [3.63, 3.8) is 0 Å². The molecule has 1 aliphatic rings. The molecular formula is C19H22FNO4S. The average Bonchev–Trinajstić information content (AvgIpc) is 3.17. The average molecular weight is 379 g/mol. The van der Waals surface area contributed by atoms with Crippen molar-refractivity contribution in [2.24, 2.45) is 5.92 Å². The van der Waals surface area contributed by atoms with Gasteiger partial charge in [-0.3, -0.25) is 4.79 Å². The van der Waals surface area contributed by atoms with Crippen LogP contribution in [0.25, 0.3) is 0 Å². The summed E-state index contributed by atoms with van der Waals surface area (Å²) in [5.41, 5.74) is 0. The highest BCUT2D eigenvalue weighted by Gasteiger charge is 2.32. The number of nitrogens with one attached hydrogen (secondary N) is 1. The Balaban J connectivity index is 1.79. The molecule has 1 aromatic carbocycles. The third-order valence-corrected chi connectivity index (χ3v) is 6.89. The van der Waals surface area contributed by atoms with Gasteiger partial charge in [0.25, 0.3) is 0 Å². The number of carbonyl (C=O) groups excluding carboxylic acids is 1. The molecule has 0 saturated heterocycles. The van der Waals surface area contributed by atoms with Gasteiger partial charge in [-0.15, -0.1) is 0 Å². The lowest BCUT2D eigenvalue weighted by Crippen LogP contribution is -2.36. The van der Waals surface area contributed by atoms with Crippen molar-refractivity contribution in [3.05, 3.63) is 54.2 Å². The van der Waals surface area contributed by atoms with Crippen molar-refractivity contribution in [2.45, 2.75) is 42.2 Å². The van der Waals surface area contributed by atoms with Gasteiger partial charge in [0, 0.05) is 12.5 Å². The van der Waals surface area contributed by atoms with Crippen LogP contribution in [0.5, 0.6) is 0 Å². The highest BCUT2D eigenvalue weighted by Crippen LogP contribution is 2.30. The van der Waals surface area contributed by atoms with Gasteiger partial charge in [-0.25, -0.2) is 12.8 Å². The first-order chi connectivity index (χ1) is 12.5. The van der Waals surface area contributed by atoms with Gasteiger partial charge in [0.2, 0.25) is 5.91 Å². The zero-order valence-corrected chi connectivity index (χ0v) is 15.2. The van der Waals surface area contributed by atoms with E-state index in [1.54, 1.807) is 12.1 Å². The molecule has 0 aliphatic heterocycles. The number of benzene rings is 1. The largest absolute Gasteiger partial charge is 0.468 e. The number of hydrogen-bond donors (Lipinski definition) is 1. The first-order valence-corrected chi connectivity index (χ1v) is 10.3. The van der Waals surface area contributed by atoms with Crippen LogP contribution in [-0.2, 0) is 14.6 Å². The van der Waals surface area contributed by atoms with Crippen LogP contribution in [0, 0.1) is 11.7 Å². The molecule has 5 nitrogen and oxygen atoms in total. The highest BCUT2D eigenvalue weighted by molar-refractivity contribution is 7.91. The van der Waals surface area contributed by atoms with E-state index in [2.05, 4.69) is 5.32 Å². The summed E-state index contributed by atoms with van der Waals surface area (Å²) in [6, 6.07) is 7.83. The van der Waals surface area contributed by atoms with E-state index in [1.807, 2.05) is 0 Å². The Morgan fingerprint density at radius 1 is 1.15 bits per heavy atom. The van der Waals surface area contributed by atoms with Gasteiger partial charge in [-0.05, 0) is 49.2 Å². The second kappa shape index (κ2) is 8.03. The molecule has 1 fully saturated rings. The standard InChI is InChI=1S/C19H22FNO4S/c20-15-8-10-16(11-9-15)26(23,24)18(17-7-4-12-25-17)13-21-19(22)14-5-2-1-3-6-14/h4,7-12,14,18H,1-3,5-6,13H2,(H,21,22)/t18-/m0/s1. The molecule has 2 aromatic rings. The normalized spacial score (nSPS) is 17.0. The lowest BCUT2D eigenvalue weighted by Gasteiger charge is -2.22. The highest BCUT2D eigenvalue weighted by atomic mass is 32.2. The van der Waals surface area contributed by atoms with Gasteiger partial charge in [0.05, 0.1) is 11.2 Å². The molecule has 3 rings (SSSR count). The predicted octanol–water partition coefficient (Wildman–Crippen LogP) is 3.63. The molecular weight excluding hydrogens is 357 g/mol. The third-order valence-electron chi connectivity index (χ3n) is 4.81. The first-order valence-electron chi connectivity index (χ1n) is 8.79. The molecule has 1 aliphatic carbocycles. The number of sulfone groups is 1. The molecule has 26 heavy (non-hydrogen) atoms. The number of rotatable bonds is 6. The van der Waals surface area contributed by atoms with Gasteiger partial charge in [-0.2, -0.15) is 0 Å². The summed E-state index contributed by atoms with van der Waals surface area (Å²) >= 11 is 0. The van der Waals surface area contributed by atoms with Gasteiger partial charge < -0.3 is 9.73 Å². The SMILES string of the molecule is O=C(NC[C@@H](c1ccco1)S(=O)(=O)c1ccc(F)cc1)C1CCCCC1. The van der Waals surface area contributed by atoms with Crippen LogP contribution in [-0.4, -0.2) is 20.9 Å². The number of halogens is 1. The maximum absolute atomic E-state index is 13.1. The van der Waals surface area contributed by atoms with Gasteiger partial charge in [0.15, 0.2) is 9.84 Å². The van der Waals surface area contributed by atoms with Crippen LogP contribution in [0.15, 0.2) is 52.0 Å². The van der Waals surface area contributed by atoms with Crippen LogP contribution in [0.2, 0.25) is 0 Å². The van der Waals surface area contributed by atoms with Crippen LogP contribution >= 0.6 is 0 Å². The zero-order valence-electron chi connectivity index (χ0n) is 14.4. The van der Waals surface area contributed by atoms with Crippen molar-refractivity contribution in [3.8, 4) is 0 Å². The summed E-state index contributed by atoms with van der Waals surface area (Å²) in [4.78, 5) is 12.4. The fourth-order valence-electron chi connectivity index (χ4n) is 3.33. The molecule has 7 heteroatoms. The lowest BCUT2D eigenvalue weighted by molar-refractivity contribution is -0.125. The Bertz CT molecular complexity index is 825. The van der Waals surface area contributed by atoms with Crippen molar-refractivity contribution in [1.29, 1.82) is 0 Å². The number of furan rings is 1. The summed E-state index contributed by atoms with van der Waals surface area (Å²) in [6.07, 6.45) is 6.24. The molecule has 1 aromatic heterocycles. The van der Waals surface area contributed by atoms with E-state index in [0.717, 1.165) is 44.2 Å². The maximum atomic E-state index is 13.1. The Morgan fingerprint density at radius 2 is 1.85 bits per heavy atom. The second-order valence-electron chi connectivity index (χ2n) is 6.58. The number of amides is 1.